The first-order valence-electron chi connectivity index (χ1n) is 5.40. The van der Waals surface area contributed by atoms with Crippen molar-refractivity contribution in [3.05, 3.63) is 29.2 Å². The molecule has 17 heavy (non-hydrogen) atoms. The number of aryl methyl sites for hydroxylation is 1. The minimum absolute atomic E-state index is 0.235. The summed E-state index contributed by atoms with van der Waals surface area (Å²) in [6.07, 6.45) is 0. The Bertz CT molecular complexity index is 581. The van der Waals surface area contributed by atoms with Crippen molar-refractivity contribution in [3.8, 4) is 5.75 Å². The van der Waals surface area contributed by atoms with Crippen LogP contribution in [0.15, 0.2) is 12.1 Å². The van der Waals surface area contributed by atoms with Crippen LogP contribution in [0.5, 0.6) is 5.75 Å². The van der Waals surface area contributed by atoms with Crippen LogP contribution < -0.4 is 10.1 Å². The molecule has 0 aliphatic rings. The number of hydrogen-bond acceptors (Lipinski definition) is 3. The number of benzene rings is 1. The highest BCUT2D eigenvalue weighted by atomic mass is 19.1. The first kappa shape index (κ1) is 11.6. The maximum absolute atomic E-state index is 13.6. The second kappa shape index (κ2) is 4.20. The monoisotopic (exact) mass is 234 g/mol. The summed E-state index contributed by atoms with van der Waals surface area (Å²) in [5.74, 6) is -0.156. The van der Waals surface area contributed by atoms with Crippen molar-refractivity contribution in [2.75, 3.05) is 19.5 Å². The fourth-order valence-electron chi connectivity index (χ4n) is 1.96. The van der Waals surface area contributed by atoms with Crippen LogP contribution in [-0.4, -0.2) is 19.1 Å². The normalized spacial score (nSPS) is 10.6. The smallest absolute Gasteiger partial charge is 0.167 e. The summed E-state index contributed by atoms with van der Waals surface area (Å²) in [5, 5.41) is 4.00. The number of nitrogens with zero attached hydrogens (tertiary/aromatic N) is 1. The summed E-state index contributed by atoms with van der Waals surface area (Å²) in [4.78, 5) is 4.38. The molecule has 1 aromatic heterocycles. The van der Waals surface area contributed by atoms with Gasteiger partial charge in [-0.1, -0.05) is 0 Å². The highest BCUT2D eigenvalue weighted by molar-refractivity contribution is 5.94. The van der Waals surface area contributed by atoms with Crippen LogP contribution in [0.1, 0.15) is 11.3 Å². The number of aromatic nitrogens is 1. The zero-order valence-corrected chi connectivity index (χ0v) is 10.4. The van der Waals surface area contributed by atoms with Crippen LogP contribution in [0, 0.1) is 19.7 Å². The lowest BCUT2D eigenvalue weighted by Crippen LogP contribution is -2.00. The first-order chi connectivity index (χ1) is 8.08. The van der Waals surface area contributed by atoms with Crippen LogP contribution in [-0.2, 0) is 0 Å². The average molecular weight is 234 g/mol. The molecule has 0 aliphatic heterocycles. The van der Waals surface area contributed by atoms with Gasteiger partial charge in [0.1, 0.15) is 0 Å². The Labute approximate surface area is 99.6 Å². The van der Waals surface area contributed by atoms with Crippen molar-refractivity contribution < 1.29 is 9.13 Å². The maximum atomic E-state index is 13.6. The molecule has 2 rings (SSSR count). The molecule has 0 aliphatic carbocycles. The molecule has 90 valence electrons. The van der Waals surface area contributed by atoms with Crippen molar-refractivity contribution in [1.82, 2.24) is 4.98 Å². The molecule has 2 aromatic rings. The summed E-state index contributed by atoms with van der Waals surface area (Å²) in [6.45, 7) is 3.90. The minimum Gasteiger partial charge on any atom is -0.494 e. The zero-order chi connectivity index (χ0) is 12.6. The van der Waals surface area contributed by atoms with Crippen LogP contribution in [0.3, 0.4) is 0 Å². The van der Waals surface area contributed by atoms with Gasteiger partial charge in [-0.05, 0) is 25.5 Å². The van der Waals surface area contributed by atoms with Gasteiger partial charge >= 0.3 is 0 Å². The number of fused-ring (bicyclic) bond motifs is 1. The van der Waals surface area contributed by atoms with E-state index >= 15 is 0 Å². The van der Waals surface area contributed by atoms with Gasteiger partial charge in [0.15, 0.2) is 11.6 Å². The first-order valence-corrected chi connectivity index (χ1v) is 5.40. The Morgan fingerprint density at radius 2 is 2.00 bits per heavy atom. The Morgan fingerprint density at radius 1 is 1.29 bits per heavy atom. The van der Waals surface area contributed by atoms with Crippen LogP contribution in [0.2, 0.25) is 0 Å². The van der Waals surface area contributed by atoms with E-state index in [0.29, 0.717) is 5.52 Å². The topological polar surface area (TPSA) is 34.2 Å². The molecule has 3 nitrogen and oxygen atoms in total. The summed E-state index contributed by atoms with van der Waals surface area (Å²) in [5.41, 5.74) is 3.56. The van der Waals surface area contributed by atoms with Crippen LogP contribution in [0.4, 0.5) is 10.1 Å². The van der Waals surface area contributed by atoms with Crippen molar-refractivity contribution >= 4 is 16.6 Å². The van der Waals surface area contributed by atoms with Gasteiger partial charge in [0.05, 0.1) is 12.6 Å². The largest absolute Gasteiger partial charge is 0.494 e. The van der Waals surface area contributed by atoms with Crippen molar-refractivity contribution in [1.29, 1.82) is 0 Å². The van der Waals surface area contributed by atoms with Gasteiger partial charge in [-0.15, -0.1) is 0 Å². The lowest BCUT2D eigenvalue weighted by molar-refractivity contribution is 0.387. The SMILES string of the molecule is CNc1c(C)c(C)nc2cc(F)c(OC)cc12. The van der Waals surface area contributed by atoms with E-state index < -0.39 is 5.82 Å². The molecule has 0 saturated heterocycles. The number of halogens is 1. The van der Waals surface area contributed by atoms with Gasteiger partial charge in [-0.2, -0.15) is 0 Å². The molecular weight excluding hydrogens is 219 g/mol. The van der Waals surface area contributed by atoms with E-state index in [1.807, 2.05) is 20.9 Å². The summed E-state index contributed by atoms with van der Waals surface area (Å²) in [7, 11) is 3.30. The molecule has 0 unspecified atom stereocenters. The number of pyridine rings is 1. The van der Waals surface area contributed by atoms with Gasteiger partial charge in [0, 0.05) is 29.9 Å². The molecule has 0 saturated carbocycles. The predicted molar refractivity (Wildman–Crippen MR) is 67.3 cm³/mol. The molecule has 0 amide bonds. The molecule has 0 fully saturated rings. The van der Waals surface area contributed by atoms with Gasteiger partial charge in [-0.3, -0.25) is 4.98 Å². The van der Waals surface area contributed by atoms with Gasteiger partial charge in [0.25, 0.3) is 0 Å². The zero-order valence-electron chi connectivity index (χ0n) is 10.4. The molecule has 1 aromatic carbocycles. The highest BCUT2D eigenvalue weighted by Gasteiger charge is 2.12. The number of hydrogen-bond donors (Lipinski definition) is 1. The van der Waals surface area contributed by atoms with E-state index in [2.05, 4.69) is 10.3 Å². The van der Waals surface area contributed by atoms with Crippen molar-refractivity contribution in [2.45, 2.75) is 13.8 Å². The van der Waals surface area contributed by atoms with Crippen molar-refractivity contribution in [3.63, 3.8) is 0 Å². The Kier molecular flexibility index (Phi) is 2.88. The fraction of sp³-hybridized carbons (Fsp3) is 0.308. The van der Waals surface area contributed by atoms with Crippen molar-refractivity contribution in [2.24, 2.45) is 0 Å². The summed E-state index contributed by atoms with van der Waals surface area (Å²) < 4.78 is 18.6. The molecular formula is C13H15FN2O. The van der Waals surface area contributed by atoms with E-state index in [1.54, 1.807) is 6.07 Å². The molecule has 0 radical (unpaired) electrons. The highest BCUT2D eigenvalue weighted by Crippen LogP contribution is 2.31. The lowest BCUT2D eigenvalue weighted by Gasteiger charge is -2.13. The Balaban J connectivity index is 2.86. The van der Waals surface area contributed by atoms with E-state index in [-0.39, 0.29) is 5.75 Å². The van der Waals surface area contributed by atoms with E-state index in [1.165, 1.54) is 13.2 Å². The number of anilines is 1. The molecule has 1 heterocycles. The summed E-state index contributed by atoms with van der Waals surface area (Å²) >= 11 is 0. The van der Waals surface area contributed by atoms with Gasteiger partial charge in [-0.25, -0.2) is 4.39 Å². The second-order valence-electron chi connectivity index (χ2n) is 3.95. The van der Waals surface area contributed by atoms with Crippen LogP contribution >= 0.6 is 0 Å². The Hall–Kier alpha value is -1.84. The number of nitrogens with one attached hydrogen (secondary N) is 1. The third-order valence-electron chi connectivity index (χ3n) is 3.00. The Morgan fingerprint density at radius 3 is 2.59 bits per heavy atom. The number of methoxy groups -OCH3 is 1. The number of ether oxygens (including phenoxy) is 1. The van der Waals surface area contributed by atoms with Gasteiger partial charge < -0.3 is 10.1 Å². The third-order valence-corrected chi connectivity index (χ3v) is 3.00. The third kappa shape index (κ3) is 1.79. The fourth-order valence-corrected chi connectivity index (χ4v) is 1.96. The predicted octanol–water partition coefficient (Wildman–Crippen LogP) is 3.04. The molecule has 0 atom stereocenters. The standard InChI is InChI=1S/C13H15FN2O/c1-7-8(2)16-11-6-10(14)12(17-4)5-9(11)13(7)15-3/h5-6H,1-4H3,(H,15,16). The second-order valence-corrected chi connectivity index (χ2v) is 3.95. The molecule has 0 spiro atoms. The maximum Gasteiger partial charge on any atom is 0.167 e. The van der Waals surface area contributed by atoms with E-state index in [4.69, 9.17) is 4.74 Å². The average Bonchev–Trinajstić information content (AvgIpc) is 2.31. The molecule has 1 N–H and O–H groups in total. The van der Waals surface area contributed by atoms with E-state index in [0.717, 1.165) is 22.3 Å². The molecule has 0 bridgehead atoms. The van der Waals surface area contributed by atoms with Crippen LogP contribution in [0.25, 0.3) is 10.9 Å². The quantitative estimate of drug-likeness (QED) is 0.867. The molecule has 4 heteroatoms. The summed E-state index contributed by atoms with van der Waals surface area (Å²) in [6, 6.07) is 3.08. The lowest BCUT2D eigenvalue weighted by atomic mass is 10.1. The number of rotatable bonds is 2. The van der Waals surface area contributed by atoms with Gasteiger partial charge in [0.2, 0.25) is 0 Å². The minimum atomic E-state index is -0.391. The van der Waals surface area contributed by atoms with E-state index in [9.17, 15) is 4.39 Å².